The Morgan fingerprint density at radius 1 is 1.32 bits per heavy atom. The van der Waals surface area contributed by atoms with E-state index in [2.05, 4.69) is 15.6 Å². The SMILES string of the molecule is CCOCCOc1cccc(NC(=O)NC(C)c2nc(C)sc2C)c1. The molecule has 1 heterocycles. The van der Waals surface area contributed by atoms with Crippen molar-refractivity contribution in [3.05, 3.63) is 39.8 Å². The second-order valence-corrected chi connectivity index (χ2v) is 6.97. The normalized spacial score (nSPS) is 11.8. The molecule has 0 spiro atoms. The molecular formula is C18H25N3O3S. The fourth-order valence-electron chi connectivity index (χ4n) is 2.41. The van der Waals surface area contributed by atoms with Gasteiger partial charge in [-0.1, -0.05) is 6.07 Å². The van der Waals surface area contributed by atoms with Crippen LogP contribution in [-0.2, 0) is 4.74 Å². The molecule has 1 aromatic heterocycles. The van der Waals surface area contributed by atoms with E-state index in [0.717, 1.165) is 15.6 Å². The van der Waals surface area contributed by atoms with Gasteiger partial charge in [0.05, 0.1) is 23.4 Å². The summed E-state index contributed by atoms with van der Waals surface area (Å²) >= 11 is 1.63. The lowest BCUT2D eigenvalue weighted by Crippen LogP contribution is -2.31. The zero-order chi connectivity index (χ0) is 18.2. The number of nitrogens with one attached hydrogen (secondary N) is 2. The van der Waals surface area contributed by atoms with Crippen molar-refractivity contribution >= 4 is 23.1 Å². The van der Waals surface area contributed by atoms with Crippen LogP contribution in [0.1, 0.15) is 35.5 Å². The van der Waals surface area contributed by atoms with Gasteiger partial charge in [-0.05, 0) is 39.8 Å². The van der Waals surface area contributed by atoms with Crippen LogP contribution in [0.2, 0.25) is 0 Å². The molecule has 0 bridgehead atoms. The first-order valence-corrected chi connectivity index (χ1v) is 9.13. The minimum Gasteiger partial charge on any atom is -0.491 e. The van der Waals surface area contributed by atoms with Crippen molar-refractivity contribution in [2.24, 2.45) is 0 Å². The average molecular weight is 363 g/mol. The summed E-state index contributed by atoms with van der Waals surface area (Å²) in [7, 11) is 0. The van der Waals surface area contributed by atoms with E-state index >= 15 is 0 Å². The van der Waals surface area contributed by atoms with Gasteiger partial charge in [0, 0.05) is 23.2 Å². The van der Waals surface area contributed by atoms with Crippen LogP contribution in [0.15, 0.2) is 24.3 Å². The number of benzene rings is 1. The summed E-state index contributed by atoms with van der Waals surface area (Å²) in [6.45, 7) is 9.53. The number of ether oxygens (including phenoxy) is 2. The molecule has 1 atom stereocenters. The van der Waals surface area contributed by atoms with E-state index in [1.54, 1.807) is 17.4 Å². The standard InChI is InChI=1S/C18H25N3O3S/c1-5-23-9-10-24-16-8-6-7-15(11-16)21-18(22)19-12(2)17-13(3)25-14(4)20-17/h6-8,11-12H,5,9-10H2,1-4H3,(H2,19,21,22). The molecule has 0 fully saturated rings. The lowest BCUT2D eigenvalue weighted by molar-refractivity contribution is 0.110. The first kappa shape index (κ1) is 19.2. The minimum absolute atomic E-state index is 0.157. The molecule has 2 rings (SSSR count). The van der Waals surface area contributed by atoms with Gasteiger partial charge in [0.2, 0.25) is 0 Å². The number of anilines is 1. The highest BCUT2D eigenvalue weighted by molar-refractivity contribution is 7.11. The van der Waals surface area contributed by atoms with E-state index in [1.165, 1.54) is 0 Å². The number of hydrogen-bond acceptors (Lipinski definition) is 5. The molecule has 0 aliphatic carbocycles. The Kier molecular flexibility index (Phi) is 7.21. The third-order valence-electron chi connectivity index (χ3n) is 3.49. The molecule has 25 heavy (non-hydrogen) atoms. The van der Waals surface area contributed by atoms with Crippen LogP contribution < -0.4 is 15.4 Å². The van der Waals surface area contributed by atoms with Crippen molar-refractivity contribution in [2.45, 2.75) is 33.7 Å². The van der Waals surface area contributed by atoms with E-state index in [9.17, 15) is 4.79 Å². The van der Waals surface area contributed by atoms with Gasteiger partial charge in [0.1, 0.15) is 12.4 Å². The van der Waals surface area contributed by atoms with Gasteiger partial charge in [-0.3, -0.25) is 0 Å². The van der Waals surface area contributed by atoms with Crippen LogP contribution in [0.3, 0.4) is 0 Å². The van der Waals surface area contributed by atoms with Crippen LogP contribution >= 0.6 is 11.3 Å². The highest BCUT2D eigenvalue weighted by Gasteiger charge is 2.15. The van der Waals surface area contributed by atoms with Crippen molar-refractivity contribution in [2.75, 3.05) is 25.1 Å². The van der Waals surface area contributed by atoms with Crippen molar-refractivity contribution in [1.29, 1.82) is 0 Å². The average Bonchev–Trinajstić information content (AvgIpc) is 2.90. The maximum absolute atomic E-state index is 12.2. The predicted molar refractivity (Wildman–Crippen MR) is 101 cm³/mol. The number of carbonyl (C=O) groups is 1. The second kappa shape index (κ2) is 9.39. The van der Waals surface area contributed by atoms with E-state index in [4.69, 9.17) is 9.47 Å². The zero-order valence-corrected chi connectivity index (χ0v) is 15.9. The van der Waals surface area contributed by atoms with Gasteiger partial charge in [-0.25, -0.2) is 9.78 Å². The number of rotatable bonds is 8. The van der Waals surface area contributed by atoms with Crippen molar-refractivity contribution in [1.82, 2.24) is 10.3 Å². The quantitative estimate of drug-likeness (QED) is 0.694. The summed E-state index contributed by atoms with van der Waals surface area (Å²) in [5.74, 6) is 0.691. The van der Waals surface area contributed by atoms with Gasteiger partial charge in [-0.15, -0.1) is 11.3 Å². The number of aromatic nitrogens is 1. The van der Waals surface area contributed by atoms with Crippen LogP contribution in [0.25, 0.3) is 0 Å². The molecule has 0 aliphatic heterocycles. The fraction of sp³-hybridized carbons (Fsp3) is 0.444. The molecule has 2 aromatic rings. The van der Waals surface area contributed by atoms with Crippen molar-refractivity contribution in [3.63, 3.8) is 0 Å². The topological polar surface area (TPSA) is 72.5 Å². The maximum Gasteiger partial charge on any atom is 0.319 e. The van der Waals surface area contributed by atoms with E-state index in [1.807, 2.05) is 45.9 Å². The molecule has 1 unspecified atom stereocenters. The summed E-state index contributed by atoms with van der Waals surface area (Å²) in [6, 6.07) is 6.86. The summed E-state index contributed by atoms with van der Waals surface area (Å²) < 4.78 is 10.8. The highest BCUT2D eigenvalue weighted by Crippen LogP contribution is 2.23. The van der Waals surface area contributed by atoms with Gasteiger partial charge >= 0.3 is 6.03 Å². The maximum atomic E-state index is 12.2. The smallest absolute Gasteiger partial charge is 0.319 e. The van der Waals surface area contributed by atoms with Crippen LogP contribution in [0, 0.1) is 13.8 Å². The summed E-state index contributed by atoms with van der Waals surface area (Å²) in [6.07, 6.45) is 0. The van der Waals surface area contributed by atoms with E-state index in [-0.39, 0.29) is 12.1 Å². The number of nitrogens with zero attached hydrogens (tertiary/aromatic N) is 1. The summed E-state index contributed by atoms with van der Waals surface area (Å²) in [5.41, 5.74) is 1.58. The Hall–Kier alpha value is -2.12. The molecule has 0 saturated carbocycles. The Bertz CT molecular complexity index is 703. The summed E-state index contributed by atoms with van der Waals surface area (Å²) in [4.78, 5) is 17.8. The molecule has 0 saturated heterocycles. The van der Waals surface area contributed by atoms with Gasteiger partial charge in [0.25, 0.3) is 0 Å². The number of aryl methyl sites for hydroxylation is 2. The number of amides is 2. The van der Waals surface area contributed by atoms with Crippen LogP contribution in [-0.4, -0.2) is 30.8 Å². The minimum atomic E-state index is -0.274. The molecule has 2 amide bonds. The van der Waals surface area contributed by atoms with Gasteiger partial charge < -0.3 is 20.1 Å². The number of hydrogen-bond donors (Lipinski definition) is 2. The monoisotopic (exact) mass is 363 g/mol. The van der Waals surface area contributed by atoms with E-state index < -0.39 is 0 Å². The number of thiazole rings is 1. The van der Waals surface area contributed by atoms with Gasteiger partial charge in [-0.2, -0.15) is 0 Å². The Balaban J connectivity index is 1.88. The van der Waals surface area contributed by atoms with Crippen molar-refractivity contribution in [3.8, 4) is 5.75 Å². The molecule has 136 valence electrons. The Labute approximate surface area is 152 Å². The van der Waals surface area contributed by atoms with Crippen molar-refractivity contribution < 1.29 is 14.3 Å². The molecule has 0 aliphatic rings. The fourth-order valence-corrected chi connectivity index (χ4v) is 3.32. The zero-order valence-electron chi connectivity index (χ0n) is 15.1. The highest BCUT2D eigenvalue weighted by atomic mass is 32.1. The Morgan fingerprint density at radius 2 is 2.12 bits per heavy atom. The summed E-state index contributed by atoms with van der Waals surface area (Å²) in [5, 5.41) is 6.74. The van der Waals surface area contributed by atoms with Gasteiger partial charge in [0.15, 0.2) is 0 Å². The molecule has 0 radical (unpaired) electrons. The molecule has 1 aromatic carbocycles. The first-order chi connectivity index (χ1) is 12.0. The number of carbonyl (C=O) groups excluding carboxylic acids is 1. The molecule has 2 N–H and O–H groups in total. The predicted octanol–water partition coefficient (Wildman–Crippen LogP) is 4.06. The lowest BCUT2D eigenvalue weighted by atomic mass is 10.2. The number of urea groups is 1. The lowest BCUT2D eigenvalue weighted by Gasteiger charge is -2.14. The molecule has 6 nitrogen and oxygen atoms in total. The Morgan fingerprint density at radius 3 is 2.80 bits per heavy atom. The van der Waals surface area contributed by atoms with E-state index in [0.29, 0.717) is 31.3 Å². The first-order valence-electron chi connectivity index (χ1n) is 8.31. The molecule has 7 heteroatoms. The third kappa shape index (κ3) is 6.03. The van der Waals surface area contributed by atoms with Crippen LogP contribution in [0.4, 0.5) is 10.5 Å². The second-order valence-electron chi connectivity index (χ2n) is 5.57. The third-order valence-corrected chi connectivity index (χ3v) is 4.39. The van der Waals surface area contributed by atoms with Crippen LogP contribution in [0.5, 0.6) is 5.75 Å². The molecular weight excluding hydrogens is 338 g/mol. The largest absolute Gasteiger partial charge is 0.491 e.